The first-order valence-electron chi connectivity index (χ1n) is 5.20. The first kappa shape index (κ1) is 29.5. The minimum absolute atomic E-state index is 0. The van der Waals surface area contributed by atoms with Gasteiger partial charge in [-0.15, -0.1) is 0 Å². The molecule has 0 rings (SSSR count). The Bertz CT molecular complexity index is 38.8. The summed E-state index contributed by atoms with van der Waals surface area (Å²) in [6.45, 7) is 19.5. The molecule has 0 heterocycles. The first-order chi connectivity index (χ1) is 5.20. The van der Waals surface area contributed by atoms with Gasteiger partial charge in [-0.2, -0.15) is 9.90 Å². The fraction of sp³-hybridized carbons (Fsp3) is 1.00. The van der Waals surface area contributed by atoms with Gasteiger partial charge in [0, 0.05) is 23.9 Å². The van der Waals surface area contributed by atoms with Gasteiger partial charge in [0.15, 0.2) is 0 Å². The molecule has 0 aliphatic carbocycles. The topological polar surface area (TPSA) is 0 Å². The zero-order chi connectivity index (χ0) is 10.7. The molecule has 2 heteroatoms. The maximum Gasteiger partial charge on any atom is 0 e. The summed E-state index contributed by atoms with van der Waals surface area (Å²) >= 11 is 0. The molecule has 0 aromatic rings. The summed E-state index contributed by atoms with van der Waals surface area (Å²) in [5.41, 5.74) is 0. The van der Waals surface area contributed by atoms with E-state index in [1.807, 2.05) is 0 Å². The van der Waals surface area contributed by atoms with Crippen LogP contribution in [-0.4, -0.2) is 23.9 Å². The van der Waals surface area contributed by atoms with Gasteiger partial charge in [0.1, 0.15) is 0 Å². The van der Waals surface area contributed by atoms with E-state index in [0.29, 0.717) is 0 Å². The van der Waals surface area contributed by atoms with Crippen molar-refractivity contribution < 1.29 is 0 Å². The van der Waals surface area contributed by atoms with E-state index in [1.54, 1.807) is 0 Å². The van der Waals surface area contributed by atoms with Crippen molar-refractivity contribution in [1.29, 1.82) is 0 Å². The third kappa shape index (κ3) is 1310. The Hall–Kier alpha value is 1.23. The van der Waals surface area contributed by atoms with Crippen molar-refractivity contribution in [3.63, 3.8) is 0 Å². The third-order valence-electron chi connectivity index (χ3n) is 0. The maximum atomic E-state index is 2.17. The minimum atomic E-state index is 0. The Morgan fingerprint density at radius 3 is 0.429 bits per heavy atom. The van der Waals surface area contributed by atoms with E-state index in [-0.39, 0.29) is 33.8 Å². The van der Waals surface area contributed by atoms with Gasteiger partial charge in [0.25, 0.3) is 0 Å². The van der Waals surface area contributed by atoms with Gasteiger partial charge in [-0.1, -0.05) is 62.3 Å². The molecule has 0 saturated heterocycles. The van der Waals surface area contributed by atoms with E-state index in [2.05, 4.69) is 62.3 Å². The van der Waals surface area contributed by atoms with Gasteiger partial charge in [0.05, 0.1) is 0 Å². The van der Waals surface area contributed by atoms with Crippen molar-refractivity contribution in [2.24, 2.45) is 17.8 Å². The Morgan fingerprint density at radius 2 is 0.429 bits per heavy atom. The molecule has 0 bridgehead atoms. The van der Waals surface area contributed by atoms with Crippen LogP contribution in [0.1, 0.15) is 62.3 Å². The van der Waals surface area contributed by atoms with Crippen LogP contribution in [0.2, 0.25) is 0 Å². The molecule has 0 aliphatic rings. The average molecular weight is 327 g/mol. The second-order valence-electron chi connectivity index (χ2n) is 5.20. The standard InChI is InChI=1S/3C4H10.H3P.Sn/c3*1-4(2)3;;/h3*4H,1-3H3;1H3;. The van der Waals surface area contributed by atoms with Gasteiger partial charge < -0.3 is 0 Å². The van der Waals surface area contributed by atoms with Gasteiger partial charge in [-0.25, -0.2) is 0 Å². The minimum Gasteiger partial charge on any atom is -0.153 e. The van der Waals surface area contributed by atoms with E-state index in [4.69, 9.17) is 0 Å². The van der Waals surface area contributed by atoms with E-state index in [9.17, 15) is 0 Å². The zero-order valence-corrected chi connectivity index (χ0v) is 16.2. The molecular weight excluding hydrogens is 294 g/mol. The SMILES string of the molecule is CC(C)C.CC(C)C.CC(C)C.P.[Sn]. The molecule has 0 amide bonds. The summed E-state index contributed by atoms with van der Waals surface area (Å²) in [6.07, 6.45) is 0. The largest absolute Gasteiger partial charge is 0.153 e. The molecule has 0 spiro atoms. The maximum absolute atomic E-state index is 2.17. The van der Waals surface area contributed by atoms with Crippen LogP contribution in [0.5, 0.6) is 0 Å². The molecule has 0 fully saturated rings. The fourth-order valence-electron chi connectivity index (χ4n) is 0. The Kier molecular flexibility index (Phi) is 50.1. The average Bonchev–Trinajstić information content (AvgIpc) is 1.54. The molecule has 1 unspecified atom stereocenters. The summed E-state index contributed by atoms with van der Waals surface area (Å²) in [5.74, 6) is 2.50. The molecule has 0 nitrogen and oxygen atoms in total. The molecule has 0 aliphatic heterocycles. The third-order valence-corrected chi connectivity index (χ3v) is 0. The van der Waals surface area contributed by atoms with E-state index in [0.717, 1.165) is 17.8 Å². The zero-order valence-electron chi connectivity index (χ0n) is 11.9. The van der Waals surface area contributed by atoms with Crippen molar-refractivity contribution in [3.8, 4) is 0 Å². The predicted molar refractivity (Wildman–Crippen MR) is 78.4 cm³/mol. The summed E-state index contributed by atoms with van der Waals surface area (Å²) in [4.78, 5) is 0. The molecular formula is C12H33PSn. The first-order valence-corrected chi connectivity index (χ1v) is 5.20. The van der Waals surface area contributed by atoms with Crippen LogP contribution in [0.4, 0.5) is 0 Å². The van der Waals surface area contributed by atoms with E-state index >= 15 is 0 Å². The van der Waals surface area contributed by atoms with Crippen molar-refractivity contribution in [2.45, 2.75) is 62.3 Å². The monoisotopic (exact) mass is 328 g/mol. The molecule has 0 N–H and O–H groups in total. The Balaban J connectivity index is -0.0000000270. The van der Waals surface area contributed by atoms with Crippen LogP contribution in [0.25, 0.3) is 0 Å². The molecule has 1 atom stereocenters. The van der Waals surface area contributed by atoms with Crippen molar-refractivity contribution in [2.75, 3.05) is 0 Å². The number of hydrogen-bond acceptors (Lipinski definition) is 0. The number of rotatable bonds is 0. The summed E-state index contributed by atoms with van der Waals surface area (Å²) in [6, 6.07) is 0. The van der Waals surface area contributed by atoms with Crippen LogP contribution in [0, 0.1) is 17.8 Å². The van der Waals surface area contributed by atoms with Gasteiger partial charge in [-0.05, 0) is 17.8 Å². The summed E-state index contributed by atoms with van der Waals surface area (Å²) < 4.78 is 0. The van der Waals surface area contributed by atoms with Crippen molar-refractivity contribution in [3.05, 3.63) is 0 Å². The summed E-state index contributed by atoms with van der Waals surface area (Å²) in [5, 5.41) is 0. The van der Waals surface area contributed by atoms with E-state index < -0.39 is 0 Å². The van der Waals surface area contributed by atoms with Gasteiger partial charge >= 0.3 is 0 Å². The van der Waals surface area contributed by atoms with Crippen LogP contribution in [-0.2, 0) is 0 Å². The predicted octanol–water partition coefficient (Wildman–Crippen LogP) is 4.66. The molecule has 4 radical (unpaired) electrons. The second-order valence-corrected chi connectivity index (χ2v) is 5.20. The molecule has 0 saturated carbocycles. The van der Waals surface area contributed by atoms with Crippen LogP contribution in [0.15, 0.2) is 0 Å². The summed E-state index contributed by atoms with van der Waals surface area (Å²) in [7, 11) is 0. The van der Waals surface area contributed by atoms with Gasteiger partial charge in [0.2, 0.25) is 0 Å². The van der Waals surface area contributed by atoms with Gasteiger partial charge in [-0.3, -0.25) is 0 Å². The molecule has 0 aromatic heterocycles. The van der Waals surface area contributed by atoms with Crippen LogP contribution in [0.3, 0.4) is 0 Å². The Labute approximate surface area is 114 Å². The van der Waals surface area contributed by atoms with E-state index in [1.165, 1.54) is 0 Å². The Morgan fingerprint density at radius 1 is 0.429 bits per heavy atom. The van der Waals surface area contributed by atoms with Crippen LogP contribution < -0.4 is 0 Å². The smallest absolute Gasteiger partial charge is 0 e. The number of hydrogen-bond donors (Lipinski definition) is 0. The molecule has 14 heavy (non-hydrogen) atoms. The quantitative estimate of drug-likeness (QED) is 0.448. The van der Waals surface area contributed by atoms with Crippen LogP contribution >= 0.6 is 9.90 Å². The van der Waals surface area contributed by atoms with Crippen molar-refractivity contribution in [1.82, 2.24) is 0 Å². The van der Waals surface area contributed by atoms with Crippen molar-refractivity contribution >= 4 is 33.8 Å². The normalized spacial score (nSPS) is 7.71. The fourth-order valence-corrected chi connectivity index (χ4v) is 0. The second kappa shape index (κ2) is 23.8. The molecule has 90 valence electrons. The molecule has 0 aromatic carbocycles.